The Morgan fingerprint density at radius 3 is 1.14 bits per heavy atom. The second kappa shape index (κ2) is 53.1. The minimum Gasteiger partial charge on any atom is -0.481 e. The molecule has 0 aliphatic heterocycles. The first-order valence-corrected chi connectivity index (χ1v) is 36.6. The van der Waals surface area contributed by atoms with E-state index in [1.54, 1.807) is 20.8 Å². The molecule has 620 valence electrons. The van der Waals surface area contributed by atoms with E-state index in [1.165, 1.54) is 6.92 Å². The van der Waals surface area contributed by atoms with E-state index in [0.29, 0.717) is 12.8 Å². The maximum Gasteiger partial charge on any atom is 0.326 e. The molecule has 0 aliphatic carbocycles. The summed E-state index contributed by atoms with van der Waals surface area (Å²) >= 11 is 0. The average molecular weight is 1560 g/mol. The molecule has 0 spiro atoms. The second-order valence-electron chi connectivity index (χ2n) is 27.2. The summed E-state index contributed by atoms with van der Waals surface area (Å²) in [6.07, 6.45) is -0.499. The van der Waals surface area contributed by atoms with Gasteiger partial charge in [0.1, 0.15) is 78.5 Å². The van der Waals surface area contributed by atoms with Gasteiger partial charge < -0.3 is 122 Å². The molecule has 0 bridgehead atoms. The number of aliphatic carboxylic acids is 4. The first-order chi connectivity index (χ1) is 51.1. The Hall–Kier alpha value is -9.74. The predicted octanol–water partition coefficient (Wildman–Crippen LogP) is -5.65. The molecule has 0 heterocycles. The van der Waals surface area contributed by atoms with Crippen molar-refractivity contribution in [1.29, 1.82) is 0 Å². The maximum absolute atomic E-state index is 14.1. The molecule has 0 rings (SSSR count). The van der Waals surface area contributed by atoms with Crippen molar-refractivity contribution < 1.29 is 122 Å². The number of unbranched alkanes of at least 4 members (excludes halogenated alkanes) is 8. The van der Waals surface area contributed by atoms with Crippen molar-refractivity contribution in [3.63, 3.8) is 0 Å². The van der Waals surface area contributed by atoms with Crippen LogP contribution < -0.4 is 86.3 Å². The third kappa shape index (κ3) is 40.3. The first kappa shape index (κ1) is 99.3. The van der Waals surface area contributed by atoms with Crippen LogP contribution in [0.1, 0.15) is 197 Å². The SMILES string of the molecule is CCCCCCCCCC(=O)N[C@@H](CC(C)C)C(=O)N[C@H](C(=O)N[C@@H](CC(N)=O)C(=O)N[C@H](C(=O)N[C@@H](C)C(=O)N[C@@H](CCCCN)C(=O)N[C@@H](C)C(=O)N[C@@H](CCC(=O)O)C(=O)N[C@@H](CO)C(=O)N[C@@H](CCCCN)C(=O)N[C@H](C(=O)N[C@@H](CC(=O)O)C(=O)N[C@@H](CC(=O)O)C(=O)O)[C@@H](C)CC)[C@@H](C)O)[C@@H](C)O. The number of amides is 14. The molecule has 0 radical (unpaired) electrons. The monoisotopic (exact) mass is 1560 g/mol. The van der Waals surface area contributed by atoms with E-state index in [-0.39, 0.29) is 70.4 Å². The molecule has 0 aromatic heterocycles. The number of aliphatic hydroxyl groups excluding tert-OH is 3. The van der Waals surface area contributed by atoms with Gasteiger partial charge in [-0.15, -0.1) is 0 Å². The van der Waals surface area contributed by atoms with E-state index in [2.05, 4.69) is 70.7 Å². The van der Waals surface area contributed by atoms with Gasteiger partial charge in [-0.3, -0.25) is 81.5 Å². The minimum atomic E-state index is -2.05. The molecule has 0 saturated heterocycles. The van der Waals surface area contributed by atoms with Crippen molar-refractivity contribution in [3.05, 3.63) is 0 Å². The van der Waals surface area contributed by atoms with Crippen LogP contribution in [-0.4, -0.2) is 253 Å². The molecule has 14 amide bonds. The lowest BCUT2D eigenvalue weighted by molar-refractivity contribution is -0.148. The summed E-state index contributed by atoms with van der Waals surface area (Å²) in [6.45, 7) is 12.2. The van der Waals surface area contributed by atoms with Crippen molar-refractivity contribution in [1.82, 2.24) is 69.1 Å². The van der Waals surface area contributed by atoms with Gasteiger partial charge in [0.15, 0.2) is 0 Å². The van der Waals surface area contributed by atoms with Crippen LogP contribution in [0.25, 0.3) is 0 Å². The molecular formula is C68H118N16O25. The lowest BCUT2D eigenvalue weighted by Gasteiger charge is -2.29. The molecule has 0 aromatic rings. The van der Waals surface area contributed by atoms with E-state index in [1.807, 2.05) is 5.32 Å². The number of primary amides is 1. The Balaban J connectivity index is 6.57. The quantitative estimate of drug-likeness (QED) is 0.0252. The Labute approximate surface area is 632 Å². The third-order valence-corrected chi connectivity index (χ3v) is 17.1. The predicted molar refractivity (Wildman–Crippen MR) is 387 cm³/mol. The molecule has 41 nitrogen and oxygen atoms in total. The zero-order chi connectivity index (χ0) is 83.4. The van der Waals surface area contributed by atoms with Crippen LogP contribution in [0.4, 0.5) is 0 Å². The first-order valence-electron chi connectivity index (χ1n) is 36.6. The van der Waals surface area contributed by atoms with Crippen LogP contribution >= 0.6 is 0 Å². The fourth-order valence-corrected chi connectivity index (χ4v) is 10.6. The zero-order valence-electron chi connectivity index (χ0n) is 63.5. The highest BCUT2D eigenvalue weighted by molar-refractivity contribution is 6.01. The summed E-state index contributed by atoms with van der Waals surface area (Å²) in [5.74, 6) is -23.1. The van der Waals surface area contributed by atoms with Gasteiger partial charge in [0.05, 0.1) is 38.1 Å². The van der Waals surface area contributed by atoms with Gasteiger partial charge in [0, 0.05) is 12.8 Å². The number of nitrogens with one attached hydrogen (secondary N) is 13. The smallest absolute Gasteiger partial charge is 0.326 e. The van der Waals surface area contributed by atoms with Crippen LogP contribution in [0.15, 0.2) is 0 Å². The Bertz CT molecular complexity index is 3050. The normalized spacial score (nSPS) is 15.6. The summed E-state index contributed by atoms with van der Waals surface area (Å²) in [5.41, 5.74) is 16.8. The fraction of sp³-hybridized carbons (Fsp3) is 0.735. The number of hydrogen-bond donors (Lipinski definition) is 23. The molecule has 0 fully saturated rings. The Morgan fingerprint density at radius 1 is 0.339 bits per heavy atom. The van der Waals surface area contributed by atoms with Crippen molar-refractivity contribution in [3.8, 4) is 0 Å². The van der Waals surface area contributed by atoms with Crippen molar-refractivity contribution in [2.45, 2.75) is 288 Å². The zero-order valence-corrected chi connectivity index (χ0v) is 63.5. The van der Waals surface area contributed by atoms with Gasteiger partial charge in [-0.05, 0) is 110 Å². The number of carbonyl (C=O) groups is 18. The Kier molecular flexibility index (Phi) is 48.4. The van der Waals surface area contributed by atoms with Crippen LogP contribution in [0, 0.1) is 11.8 Å². The highest BCUT2D eigenvalue weighted by Gasteiger charge is 2.40. The number of nitrogens with two attached hydrogens (primary N) is 3. The molecule has 26 N–H and O–H groups in total. The average Bonchev–Trinajstić information content (AvgIpc) is 0.861. The number of aliphatic hydroxyl groups is 3. The molecule has 41 heteroatoms. The van der Waals surface area contributed by atoms with Gasteiger partial charge >= 0.3 is 23.9 Å². The molecule has 109 heavy (non-hydrogen) atoms. The second-order valence-corrected chi connectivity index (χ2v) is 27.2. The van der Waals surface area contributed by atoms with Gasteiger partial charge in [0.25, 0.3) is 0 Å². The van der Waals surface area contributed by atoms with Crippen LogP contribution in [-0.2, 0) is 86.3 Å². The maximum atomic E-state index is 14.1. The molecule has 0 aliphatic rings. The summed E-state index contributed by atoms with van der Waals surface area (Å²) in [6, 6.07) is -22.6. The minimum absolute atomic E-state index is 0.0955. The topological polar surface area (TPSA) is 683 Å². The molecule has 0 aromatic carbocycles. The van der Waals surface area contributed by atoms with E-state index in [4.69, 9.17) is 22.3 Å². The number of carboxylic acids is 4. The summed E-state index contributed by atoms with van der Waals surface area (Å²) in [4.78, 5) is 237. The van der Waals surface area contributed by atoms with E-state index >= 15 is 0 Å². The van der Waals surface area contributed by atoms with Gasteiger partial charge in [0.2, 0.25) is 82.7 Å². The summed E-state index contributed by atoms with van der Waals surface area (Å²) in [7, 11) is 0. The van der Waals surface area contributed by atoms with Gasteiger partial charge in [-0.2, -0.15) is 0 Å². The van der Waals surface area contributed by atoms with E-state index in [9.17, 15) is 117 Å². The number of carbonyl (C=O) groups excluding carboxylic acids is 14. The summed E-state index contributed by atoms with van der Waals surface area (Å²) < 4.78 is 0. The molecule has 0 saturated carbocycles. The largest absolute Gasteiger partial charge is 0.481 e. The van der Waals surface area contributed by atoms with Crippen LogP contribution in [0.3, 0.4) is 0 Å². The number of rotatable bonds is 58. The lowest BCUT2D eigenvalue weighted by Crippen LogP contribution is -2.62. The van der Waals surface area contributed by atoms with Crippen molar-refractivity contribution >= 4 is 107 Å². The number of hydrogen-bond acceptors (Lipinski definition) is 23. The van der Waals surface area contributed by atoms with Gasteiger partial charge in [-0.1, -0.05) is 79.6 Å². The molecule has 16 atom stereocenters. The van der Waals surface area contributed by atoms with Gasteiger partial charge in [-0.25, -0.2) is 4.79 Å². The van der Waals surface area contributed by atoms with Crippen LogP contribution in [0.5, 0.6) is 0 Å². The Morgan fingerprint density at radius 2 is 0.697 bits per heavy atom. The van der Waals surface area contributed by atoms with E-state index < -0.39 is 242 Å². The van der Waals surface area contributed by atoms with E-state index in [0.717, 1.165) is 66.2 Å². The fourth-order valence-electron chi connectivity index (χ4n) is 10.6. The standard InChI is InChI=1S/C68H118N16O25/c1-10-12-13-14-15-16-17-24-49(89)74-43(29-34(3)4)62(102)84-55(39(9)87)67(107)78-44(30-48(71)88)63(103)83-54(38(8)86)66(106)73-37(7)57(97)75-40(22-18-20-27-69)58(98)72-36(6)56(96)76-42(25-26-50(90)91)59(99)81-47(33-85)64(104)77-41(23-19-21-28-70)60(100)82-53(35(5)11-2)65(105)79-45(31-51(92)93)61(101)80-46(68(108)109)32-52(94)95/h34-47,53-55,85-87H,10-33,69-70H2,1-9H3,(H2,71,88)(H,72,98)(H,73,106)(H,74,89)(H,75,97)(H,76,96)(H,77,104)(H,78,107)(H,79,105)(H,80,101)(H,81,99)(H,82,100)(H,83,103)(H,84,102)(H,90,91)(H,92,93)(H,94,95)(H,108,109)/t35-,36-,37-,38+,39+,40-,41-,42-,43-,44-,45-,46-,47-,53-,54-,55-/m0/s1. The highest BCUT2D eigenvalue weighted by atomic mass is 16.4. The molecular weight excluding hydrogens is 1440 g/mol. The van der Waals surface area contributed by atoms with Crippen LogP contribution in [0.2, 0.25) is 0 Å². The number of carboxylic acid groups (broad SMARTS) is 4. The third-order valence-electron chi connectivity index (χ3n) is 17.1. The molecule has 0 unspecified atom stereocenters. The van der Waals surface area contributed by atoms with Crippen molar-refractivity contribution in [2.24, 2.45) is 29.0 Å². The van der Waals surface area contributed by atoms with Crippen molar-refractivity contribution in [2.75, 3.05) is 19.7 Å². The lowest BCUT2D eigenvalue weighted by atomic mass is 9.96. The highest BCUT2D eigenvalue weighted by Crippen LogP contribution is 2.15. The summed E-state index contributed by atoms with van der Waals surface area (Å²) in [5, 5.41) is 99.3.